The number of tetrazole rings is 1. The molecule has 0 bridgehead atoms. The minimum absolute atomic E-state index is 0.255. The van der Waals surface area contributed by atoms with Gasteiger partial charge in [-0.25, -0.2) is 0 Å². The molecule has 0 spiro atoms. The molecule has 22 heavy (non-hydrogen) atoms. The maximum absolute atomic E-state index is 12.8. The molecule has 0 saturated carbocycles. The van der Waals surface area contributed by atoms with Crippen molar-refractivity contribution in [3.05, 3.63) is 36.2 Å². The van der Waals surface area contributed by atoms with Crippen molar-refractivity contribution in [3.63, 3.8) is 0 Å². The molecule has 2 aromatic rings. The highest BCUT2D eigenvalue weighted by Crippen LogP contribution is 2.21. The van der Waals surface area contributed by atoms with Gasteiger partial charge in [0.2, 0.25) is 0 Å². The molecular formula is C15H14N6O. The third kappa shape index (κ3) is 2.63. The highest BCUT2D eigenvalue weighted by atomic mass is 16.1. The fourth-order valence-electron chi connectivity index (χ4n) is 2.55. The SMILES string of the molecule is N#CC(C(=O)c1ccccc1-n1cnnn1)C1=NCCCC1. The summed E-state index contributed by atoms with van der Waals surface area (Å²) in [6.45, 7) is 0.690. The van der Waals surface area contributed by atoms with Crippen LogP contribution in [-0.2, 0) is 0 Å². The van der Waals surface area contributed by atoms with E-state index >= 15 is 0 Å². The number of ketones is 1. The predicted molar refractivity (Wildman–Crippen MR) is 78.7 cm³/mol. The first-order valence-corrected chi connectivity index (χ1v) is 7.10. The van der Waals surface area contributed by atoms with Crippen LogP contribution in [0.5, 0.6) is 0 Å². The van der Waals surface area contributed by atoms with Gasteiger partial charge in [-0.1, -0.05) is 12.1 Å². The van der Waals surface area contributed by atoms with Crippen LogP contribution < -0.4 is 0 Å². The molecule has 0 radical (unpaired) electrons. The van der Waals surface area contributed by atoms with Crippen molar-refractivity contribution >= 4 is 11.5 Å². The zero-order chi connectivity index (χ0) is 15.4. The molecule has 1 unspecified atom stereocenters. The molecule has 0 aliphatic carbocycles. The third-order valence-electron chi connectivity index (χ3n) is 3.65. The van der Waals surface area contributed by atoms with Crippen molar-refractivity contribution < 1.29 is 4.79 Å². The lowest BCUT2D eigenvalue weighted by Gasteiger charge is -2.16. The molecule has 0 fully saturated rings. The van der Waals surface area contributed by atoms with E-state index in [4.69, 9.17) is 0 Å². The number of aromatic nitrogens is 4. The quantitative estimate of drug-likeness (QED) is 0.798. The summed E-state index contributed by atoms with van der Waals surface area (Å²) < 4.78 is 1.42. The van der Waals surface area contributed by atoms with E-state index in [-0.39, 0.29) is 5.78 Å². The Morgan fingerprint density at radius 3 is 2.86 bits per heavy atom. The second-order valence-corrected chi connectivity index (χ2v) is 5.03. The second kappa shape index (κ2) is 6.26. The molecule has 0 amide bonds. The van der Waals surface area contributed by atoms with E-state index in [1.54, 1.807) is 24.3 Å². The minimum Gasteiger partial charge on any atom is -0.292 e. The molecule has 1 aromatic carbocycles. The van der Waals surface area contributed by atoms with Crippen LogP contribution in [0.4, 0.5) is 0 Å². The lowest BCUT2D eigenvalue weighted by molar-refractivity contribution is 0.0974. The van der Waals surface area contributed by atoms with Crippen molar-refractivity contribution in [2.75, 3.05) is 6.54 Å². The highest BCUT2D eigenvalue weighted by molar-refractivity contribution is 6.15. The van der Waals surface area contributed by atoms with E-state index < -0.39 is 5.92 Å². The van der Waals surface area contributed by atoms with Crippen molar-refractivity contribution in [2.24, 2.45) is 10.9 Å². The molecule has 1 aromatic heterocycles. The van der Waals surface area contributed by atoms with Crippen molar-refractivity contribution in [3.8, 4) is 11.8 Å². The van der Waals surface area contributed by atoms with Crippen LogP contribution in [0.1, 0.15) is 29.6 Å². The fraction of sp³-hybridized carbons (Fsp3) is 0.333. The molecule has 3 rings (SSSR count). The first-order chi connectivity index (χ1) is 10.8. The van der Waals surface area contributed by atoms with Crippen LogP contribution in [0.3, 0.4) is 0 Å². The van der Waals surface area contributed by atoms with Crippen LogP contribution in [0.2, 0.25) is 0 Å². The number of benzene rings is 1. The van der Waals surface area contributed by atoms with Crippen LogP contribution in [0, 0.1) is 17.2 Å². The molecule has 7 nitrogen and oxygen atoms in total. The van der Waals surface area contributed by atoms with Gasteiger partial charge < -0.3 is 0 Å². The highest BCUT2D eigenvalue weighted by Gasteiger charge is 2.28. The summed E-state index contributed by atoms with van der Waals surface area (Å²) >= 11 is 0. The number of carbonyl (C=O) groups is 1. The smallest absolute Gasteiger partial charge is 0.187 e. The number of Topliss-reactive ketones (excluding diaryl/α,β-unsaturated/α-hetero) is 1. The summed E-state index contributed by atoms with van der Waals surface area (Å²) in [5, 5.41) is 20.4. The van der Waals surface area contributed by atoms with Gasteiger partial charge in [-0.2, -0.15) is 9.94 Å². The summed E-state index contributed by atoms with van der Waals surface area (Å²) in [6.07, 6.45) is 4.11. The van der Waals surface area contributed by atoms with Gasteiger partial charge in [0, 0.05) is 17.8 Å². The number of nitrogens with zero attached hydrogens (tertiary/aromatic N) is 6. The fourth-order valence-corrected chi connectivity index (χ4v) is 2.55. The number of hydrogen-bond donors (Lipinski definition) is 0. The van der Waals surface area contributed by atoms with Crippen LogP contribution in [0.15, 0.2) is 35.6 Å². The first-order valence-electron chi connectivity index (χ1n) is 7.10. The Morgan fingerprint density at radius 1 is 1.32 bits per heavy atom. The minimum atomic E-state index is -0.835. The van der Waals surface area contributed by atoms with E-state index in [0.29, 0.717) is 29.9 Å². The second-order valence-electron chi connectivity index (χ2n) is 5.03. The number of nitriles is 1. The van der Waals surface area contributed by atoms with E-state index in [1.807, 2.05) is 0 Å². The van der Waals surface area contributed by atoms with Gasteiger partial charge in [-0.3, -0.25) is 9.79 Å². The standard InChI is InChI=1S/C15H14N6O/c16-9-12(13-6-3-4-8-17-13)15(22)11-5-1-2-7-14(11)21-10-18-19-20-21/h1-2,5,7,10,12H,3-4,6,8H2. The predicted octanol–water partition coefficient (Wildman–Crippen LogP) is 1.61. The van der Waals surface area contributed by atoms with Gasteiger partial charge in [0.15, 0.2) is 5.78 Å². The first kappa shape index (κ1) is 14.1. The Labute approximate surface area is 127 Å². The van der Waals surface area contributed by atoms with Gasteiger partial charge in [0.25, 0.3) is 0 Å². The molecule has 0 N–H and O–H groups in total. The molecule has 110 valence electrons. The number of aliphatic imine (C=N–C) groups is 1. The van der Waals surface area contributed by atoms with Crippen molar-refractivity contribution in [1.82, 2.24) is 20.2 Å². The van der Waals surface area contributed by atoms with Crippen LogP contribution in [-0.4, -0.2) is 38.2 Å². The van der Waals surface area contributed by atoms with E-state index in [9.17, 15) is 10.1 Å². The zero-order valence-corrected chi connectivity index (χ0v) is 11.9. The number of hydrogen-bond acceptors (Lipinski definition) is 6. The summed E-state index contributed by atoms with van der Waals surface area (Å²) in [5.74, 6) is -1.09. The average molecular weight is 294 g/mol. The summed E-state index contributed by atoms with van der Waals surface area (Å²) in [5.41, 5.74) is 1.68. The Hall–Kier alpha value is -2.88. The average Bonchev–Trinajstić information content (AvgIpc) is 3.11. The topological polar surface area (TPSA) is 96.8 Å². The Bertz CT molecular complexity index is 744. The van der Waals surface area contributed by atoms with Crippen molar-refractivity contribution in [2.45, 2.75) is 19.3 Å². The normalized spacial score (nSPS) is 15.7. The van der Waals surface area contributed by atoms with E-state index in [2.05, 4.69) is 26.6 Å². The van der Waals surface area contributed by atoms with Crippen molar-refractivity contribution in [1.29, 1.82) is 5.26 Å². The lowest BCUT2D eigenvalue weighted by atomic mass is 9.89. The van der Waals surface area contributed by atoms with Gasteiger partial charge in [0.1, 0.15) is 12.2 Å². The summed E-state index contributed by atoms with van der Waals surface area (Å²) in [7, 11) is 0. The van der Waals surface area contributed by atoms with E-state index in [1.165, 1.54) is 11.0 Å². The molecular weight excluding hydrogens is 280 g/mol. The van der Waals surface area contributed by atoms with E-state index in [0.717, 1.165) is 12.8 Å². The summed E-state index contributed by atoms with van der Waals surface area (Å²) in [6, 6.07) is 9.10. The van der Waals surface area contributed by atoms with Crippen LogP contribution in [0.25, 0.3) is 5.69 Å². The molecule has 1 aliphatic heterocycles. The maximum atomic E-state index is 12.8. The van der Waals surface area contributed by atoms with Gasteiger partial charge in [-0.15, -0.1) is 5.10 Å². The maximum Gasteiger partial charge on any atom is 0.187 e. The largest absolute Gasteiger partial charge is 0.292 e. The molecule has 2 heterocycles. The monoisotopic (exact) mass is 294 g/mol. The lowest BCUT2D eigenvalue weighted by Crippen LogP contribution is -2.26. The zero-order valence-electron chi connectivity index (χ0n) is 11.9. The molecule has 7 heteroatoms. The van der Waals surface area contributed by atoms with Gasteiger partial charge in [0.05, 0.1) is 11.8 Å². The molecule has 1 aliphatic rings. The Morgan fingerprint density at radius 2 is 2.18 bits per heavy atom. The number of rotatable bonds is 4. The molecule has 0 saturated heterocycles. The van der Waals surface area contributed by atoms with Crippen LogP contribution >= 0.6 is 0 Å². The molecule has 1 atom stereocenters. The Balaban J connectivity index is 1.98. The van der Waals surface area contributed by atoms with Gasteiger partial charge >= 0.3 is 0 Å². The van der Waals surface area contributed by atoms with Gasteiger partial charge in [-0.05, 0) is 41.8 Å². The number of para-hydroxylation sites is 1. The number of carbonyl (C=O) groups excluding carboxylic acids is 1. The summed E-state index contributed by atoms with van der Waals surface area (Å²) in [4.78, 5) is 17.2. The Kier molecular flexibility index (Phi) is 4.01. The third-order valence-corrected chi connectivity index (χ3v) is 3.65.